The number of rotatable bonds is 3. The Kier molecular flexibility index (Phi) is 4.69. The van der Waals surface area contributed by atoms with Crippen molar-refractivity contribution in [3.05, 3.63) is 22.9 Å². The molecule has 3 nitrogen and oxygen atoms in total. The van der Waals surface area contributed by atoms with Crippen LogP contribution in [0.4, 0.5) is 5.82 Å². The number of hydrogen-bond donors (Lipinski definition) is 0. The van der Waals surface area contributed by atoms with E-state index in [9.17, 15) is 0 Å². The second kappa shape index (κ2) is 6.10. The van der Waals surface area contributed by atoms with Crippen LogP contribution >= 0.6 is 11.6 Å². The van der Waals surface area contributed by atoms with Gasteiger partial charge >= 0.3 is 0 Å². The van der Waals surface area contributed by atoms with Gasteiger partial charge in [0.05, 0.1) is 5.88 Å². The van der Waals surface area contributed by atoms with E-state index in [0.29, 0.717) is 11.9 Å². The predicted molar refractivity (Wildman–Crippen MR) is 82.2 cm³/mol. The van der Waals surface area contributed by atoms with Crippen LogP contribution in [0.15, 0.2) is 6.07 Å². The van der Waals surface area contributed by atoms with E-state index in [1.807, 2.05) is 0 Å². The molecule has 1 aliphatic rings. The Morgan fingerprint density at radius 2 is 2.11 bits per heavy atom. The van der Waals surface area contributed by atoms with E-state index in [2.05, 4.69) is 43.6 Å². The van der Waals surface area contributed by atoms with Crippen molar-refractivity contribution < 1.29 is 0 Å². The van der Waals surface area contributed by atoms with Crippen LogP contribution in [0.3, 0.4) is 0 Å². The summed E-state index contributed by atoms with van der Waals surface area (Å²) in [4.78, 5) is 9.65. The first kappa shape index (κ1) is 14.6. The van der Waals surface area contributed by atoms with Crippen molar-refractivity contribution in [2.24, 2.45) is 0 Å². The van der Waals surface area contributed by atoms with E-state index in [1.54, 1.807) is 0 Å². The zero-order valence-electron chi connectivity index (χ0n) is 12.4. The fraction of sp³-hybridized carbons (Fsp3) is 0.667. The van der Waals surface area contributed by atoms with Gasteiger partial charge in [-0.1, -0.05) is 6.92 Å². The molecule has 0 radical (unpaired) electrons. The van der Waals surface area contributed by atoms with Crippen molar-refractivity contribution in [1.29, 1.82) is 0 Å². The minimum atomic E-state index is 0.539. The highest BCUT2D eigenvalue weighted by Gasteiger charge is 2.25. The van der Waals surface area contributed by atoms with Crippen LogP contribution in [-0.4, -0.2) is 42.1 Å². The molecule has 2 heterocycles. The van der Waals surface area contributed by atoms with Crippen molar-refractivity contribution in [2.45, 2.75) is 39.6 Å². The minimum Gasteiger partial charge on any atom is -0.353 e. The van der Waals surface area contributed by atoms with Crippen LogP contribution in [0.5, 0.6) is 0 Å². The van der Waals surface area contributed by atoms with Gasteiger partial charge in [0.25, 0.3) is 0 Å². The number of halogens is 1. The molecule has 1 unspecified atom stereocenters. The molecule has 1 fully saturated rings. The molecule has 1 atom stereocenters. The third-order valence-electron chi connectivity index (χ3n) is 4.06. The molecule has 0 spiro atoms. The van der Waals surface area contributed by atoms with Crippen molar-refractivity contribution in [1.82, 2.24) is 9.88 Å². The minimum absolute atomic E-state index is 0.539. The van der Waals surface area contributed by atoms with E-state index in [0.717, 1.165) is 37.7 Å². The van der Waals surface area contributed by atoms with E-state index in [1.165, 1.54) is 11.1 Å². The summed E-state index contributed by atoms with van der Waals surface area (Å²) in [6.45, 7) is 13.0. The largest absolute Gasteiger partial charge is 0.353 e. The summed E-state index contributed by atoms with van der Waals surface area (Å²) in [5, 5.41) is 0. The van der Waals surface area contributed by atoms with Crippen LogP contribution in [0.1, 0.15) is 30.7 Å². The van der Waals surface area contributed by atoms with Crippen LogP contribution in [-0.2, 0) is 5.88 Å². The normalized spacial score (nSPS) is 20.9. The summed E-state index contributed by atoms with van der Waals surface area (Å²) >= 11 is 6.12. The SMILES string of the molecule is CCN1CCN(c2nc(C)cc(C)c2CCl)CC1C. The smallest absolute Gasteiger partial charge is 0.133 e. The summed E-state index contributed by atoms with van der Waals surface area (Å²) in [7, 11) is 0. The van der Waals surface area contributed by atoms with Crippen molar-refractivity contribution >= 4 is 17.4 Å². The van der Waals surface area contributed by atoms with Gasteiger partial charge in [0.1, 0.15) is 5.82 Å². The number of pyridine rings is 1. The zero-order valence-corrected chi connectivity index (χ0v) is 13.2. The summed E-state index contributed by atoms with van der Waals surface area (Å²) in [5.74, 6) is 1.63. The average molecular weight is 282 g/mol. The molecule has 1 saturated heterocycles. The van der Waals surface area contributed by atoms with Gasteiger partial charge < -0.3 is 4.90 Å². The molecule has 4 heteroatoms. The molecule has 0 N–H and O–H groups in total. The number of alkyl halides is 1. The van der Waals surface area contributed by atoms with Gasteiger partial charge in [0.2, 0.25) is 0 Å². The first-order chi connectivity index (χ1) is 9.06. The zero-order chi connectivity index (χ0) is 14.0. The summed E-state index contributed by atoms with van der Waals surface area (Å²) in [6.07, 6.45) is 0. The number of anilines is 1. The maximum Gasteiger partial charge on any atom is 0.133 e. The maximum atomic E-state index is 6.12. The maximum absolute atomic E-state index is 6.12. The molecule has 0 aliphatic carbocycles. The molecule has 2 rings (SSSR count). The van der Waals surface area contributed by atoms with Gasteiger partial charge in [-0.2, -0.15) is 0 Å². The van der Waals surface area contributed by atoms with Crippen molar-refractivity contribution in [3.8, 4) is 0 Å². The lowest BCUT2D eigenvalue weighted by atomic mass is 10.1. The second-order valence-corrected chi connectivity index (χ2v) is 5.71. The molecular weight excluding hydrogens is 258 g/mol. The summed E-state index contributed by atoms with van der Waals surface area (Å²) in [5.41, 5.74) is 3.51. The standard InChI is InChI=1S/C15H24ClN3/c1-5-18-6-7-19(10-13(18)4)15-14(9-16)11(2)8-12(3)17-15/h8,13H,5-7,9-10H2,1-4H3. The topological polar surface area (TPSA) is 19.4 Å². The molecule has 106 valence electrons. The van der Waals surface area contributed by atoms with E-state index >= 15 is 0 Å². The van der Waals surface area contributed by atoms with Crippen LogP contribution in [0.2, 0.25) is 0 Å². The third-order valence-corrected chi connectivity index (χ3v) is 4.33. The Hall–Kier alpha value is -0.800. The highest BCUT2D eigenvalue weighted by atomic mass is 35.5. The number of aryl methyl sites for hydroxylation is 2. The lowest BCUT2D eigenvalue weighted by molar-refractivity contribution is 0.199. The first-order valence-electron chi connectivity index (χ1n) is 7.08. The summed E-state index contributed by atoms with van der Waals surface area (Å²) in [6, 6.07) is 2.69. The van der Waals surface area contributed by atoms with E-state index in [4.69, 9.17) is 16.6 Å². The second-order valence-electron chi connectivity index (χ2n) is 5.44. The average Bonchev–Trinajstić information content (AvgIpc) is 2.37. The van der Waals surface area contributed by atoms with Gasteiger partial charge in [-0.3, -0.25) is 4.90 Å². The number of hydrogen-bond acceptors (Lipinski definition) is 3. The lowest BCUT2D eigenvalue weighted by Gasteiger charge is -2.40. The van der Waals surface area contributed by atoms with E-state index in [-0.39, 0.29) is 0 Å². The van der Waals surface area contributed by atoms with E-state index < -0.39 is 0 Å². The van der Waals surface area contributed by atoms with Gasteiger partial charge in [0.15, 0.2) is 0 Å². The van der Waals surface area contributed by atoms with Crippen molar-refractivity contribution in [3.63, 3.8) is 0 Å². The van der Waals surface area contributed by atoms with Crippen LogP contribution in [0, 0.1) is 13.8 Å². The Bertz CT molecular complexity index is 447. The molecule has 0 bridgehead atoms. The fourth-order valence-electron chi connectivity index (χ4n) is 2.93. The van der Waals surface area contributed by atoms with Gasteiger partial charge in [0, 0.05) is 36.9 Å². The molecular formula is C15H24ClN3. The number of nitrogens with zero attached hydrogens (tertiary/aromatic N) is 3. The molecule has 1 aromatic heterocycles. The molecule has 0 saturated carbocycles. The van der Waals surface area contributed by atoms with Gasteiger partial charge in [-0.25, -0.2) is 4.98 Å². The Morgan fingerprint density at radius 1 is 1.37 bits per heavy atom. The van der Waals surface area contributed by atoms with Gasteiger partial charge in [-0.05, 0) is 38.9 Å². The molecule has 0 amide bonds. The monoisotopic (exact) mass is 281 g/mol. The molecule has 1 aromatic rings. The molecule has 0 aromatic carbocycles. The molecule has 1 aliphatic heterocycles. The lowest BCUT2D eigenvalue weighted by Crippen LogP contribution is -2.52. The third kappa shape index (κ3) is 3.03. The molecule has 19 heavy (non-hydrogen) atoms. The van der Waals surface area contributed by atoms with Crippen LogP contribution in [0.25, 0.3) is 0 Å². The highest BCUT2D eigenvalue weighted by molar-refractivity contribution is 6.17. The summed E-state index contributed by atoms with van der Waals surface area (Å²) < 4.78 is 0. The Balaban J connectivity index is 2.27. The highest BCUT2D eigenvalue weighted by Crippen LogP contribution is 2.26. The quantitative estimate of drug-likeness (QED) is 0.794. The van der Waals surface area contributed by atoms with Crippen LogP contribution < -0.4 is 4.90 Å². The fourth-order valence-corrected chi connectivity index (χ4v) is 3.26. The first-order valence-corrected chi connectivity index (χ1v) is 7.62. The number of likely N-dealkylation sites (N-methyl/N-ethyl adjacent to an activating group) is 1. The van der Waals surface area contributed by atoms with Crippen molar-refractivity contribution in [2.75, 3.05) is 31.1 Å². The Labute approximate surface area is 121 Å². The predicted octanol–water partition coefficient (Wildman–Crippen LogP) is 2.97. The van der Waals surface area contributed by atoms with Gasteiger partial charge in [-0.15, -0.1) is 11.6 Å². The number of aromatic nitrogens is 1. The number of piperazine rings is 1. The Morgan fingerprint density at radius 3 is 2.68 bits per heavy atom.